The van der Waals surface area contributed by atoms with Crippen LogP contribution in [0.5, 0.6) is 5.75 Å². The van der Waals surface area contributed by atoms with Crippen molar-refractivity contribution in [3.8, 4) is 5.75 Å². The molecule has 1 amide bonds. The maximum absolute atomic E-state index is 14.8. The van der Waals surface area contributed by atoms with Crippen LogP contribution < -0.4 is 15.0 Å². The average Bonchev–Trinajstić information content (AvgIpc) is 3.49. The van der Waals surface area contributed by atoms with Gasteiger partial charge in [0.05, 0.1) is 24.1 Å². The molecule has 0 saturated carbocycles. The Bertz CT molecular complexity index is 1760. The SMILES string of the molecule is COc1ccc(C(=O)[C@@H]2[C@@H](C(=O)c3ccccc3Cl)N3c4ccccc4C=C[C@@H]3[C@@]23C(=O)Nc2ccccc23)cc1. The van der Waals surface area contributed by atoms with Gasteiger partial charge in [0.15, 0.2) is 11.6 Å². The molecule has 4 atom stereocenters. The number of rotatable bonds is 5. The Morgan fingerprint density at radius 2 is 1.59 bits per heavy atom. The number of Topliss-reactive ketones (excluding diaryl/α,β-unsaturated/α-hetero) is 2. The average molecular weight is 561 g/mol. The number of amides is 1. The number of ether oxygens (including phenoxy) is 1. The summed E-state index contributed by atoms with van der Waals surface area (Å²) in [5.74, 6) is -1.38. The largest absolute Gasteiger partial charge is 0.497 e. The van der Waals surface area contributed by atoms with E-state index in [1.807, 2.05) is 65.6 Å². The highest BCUT2D eigenvalue weighted by Crippen LogP contribution is 2.58. The van der Waals surface area contributed by atoms with Gasteiger partial charge < -0.3 is 15.0 Å². The molecule has 0 bridgehead atoms. The van der Waals surface area contributed by atoms with Gasteiger partial charge in [-0.1, -0.05) is 72.3 Å². The zero-order valence-electron chi connectivity index (χ0n) is 22.1. The predicted octanol–water partition coefficient (Wildman–Crippen LogP) is 6.20. The summed E-state index contributed by atoms with van der Waals surface area (Å²) >= 11 is 6.58. The Hall–Kier alpha value is -4.68. The Balaban J connectivity index is 1.53. The molecule has 0 unspecified atom stereocenters. The molecular formula is C34H25ClN2O4. The number of hydrogen-bond donors (Lipinski definition) is 1. The Morgan fingerprint density at radius 1 is 0.878 bits per heavy atom. The minimum atomic E-state index is -1.38. The van der Waals surface area contributed by atoms with Gasteiger partial charge in [-0.25, -0.2) is 0 Å². The van der Waals surface area contributed by atoms with Gasteiger partial charge in [0.25, 0.3) is 0 Å². The third-order valence-corrected chi connectivity index (χ3v) is 8.94. The predicted molar refractivity (Wildman–Crippen MR) is 159 cm³/mol. The van der Waals surface area contributed by atoms with Crippen molar-refractivity contribution in [3.05, 3.63) is 130 Å². The summed E-state index contributed by atoms with van der Waals surface area (Å²) in [4.78, 5) is 45.8. The maximum atomic E-state index is 14.8. The van der Waals surface area contributed by atoms with Crippen LogP contribution in [-0.4, -0.2) is 36.7 Å². The molecule has 3 heterocycles. The van der Waals surface area contributed by atoms with E-state index in [1.54, 1.807) is 55.6 Å². The van der Waals surface area contributed by atoms with Gasteiger partial charge in [-0.3, -0.25) is 14.4 Å². The highest BCUT2D eigenvalue weighted by molar-refractivity contribution is 6.34. The lowest BCUT2D eigenvalue weighted by molar-refractivity contribution is -0.121. The van der Waals surface area contributed by atoms with E-state index in [2.05, 4.69) is 5.32 Å². The molecule has 1 fully saturated rings. The van der Waals surface area contributed by atoms with E-state index < -0.39 is 23.4 Å². The van der Waals surface area contributed by atoms with Crippen molar-refractivity contribution in [3.63, 3.8) is 0 Å². The molecule has 3 aliphatic heterocycles. The molecule has 1 spiro atoms. The summed E-state index contributed by atoms with van der Waals surface area (Å²) in [6, 6.07) is 27.2. The summed E-state index contributed by atoms with van der Waals surface area (Å²) in [5, 5.41) is 3.34. The number of nitrogens with zero attached hydrogens (tertiary/aromatic N) is 1. The molecule has 202 valence electrons. The number of anilines is 2. The number of nitrogens with one attached hydrogen (secondary N) is 1. The van der Waals surface area contributed by atoms with Crippen LogP contribution in [-0.2, 0) is 10.2 Å². The second kappa shape index (κ2) is 9.46. The second-order valence-corrected chi connectivity index (χ2v) is 10.9. The highest BCUT2D eigenvalue weighted by Gasteiger charge is 2.70. The number of carbonyl (C=O) groups excluding carboxylic acids is 3. The van der Waals surface area contributed by atoms with Crippen molar-refractivity contribution >= 4 is 46.5 Å². The van der Waals surface area contributed by atoms with Crippen molar-refractivity contribution in [1.29, 1.82) is 0 Å². The Labute approximate surface area is 242 Å². The van der Waals surface area contributed by atoms with Gasteiger partial charge in [-0.2, -0.15) is 0 Å². The fourth-order valence-corrected chi connectivity index (χ4v) is 7.10. The molecule has 6 nitrogen and oxygen atoms in total. The lowest BCUT2D eigenvalue weighted by atomic mass is 9.64. The molecule has 41 heavy (non-hydrogen) atoms. The van der Waals surface area contributed by atoms with Gasteiger partial charge in [0.1, 0.15) is 17.2 Å². The van der Waals surface area contributed by atoms with E-state index in [9.17, 15) is 14.4 Å². The number of carbonyl (C=O) groups is 3. The van der Waals surface area contributed by atoms with Crippen molar-refractivity contribution in [1.82, 2.24) is 0 Å². The normalized spacial score (nSPS) is 23.5. The first-order chi connectivity index (χ1) is 20.0. The van der Waals surface area contributed by atoms with Crippen molar-refractivity contribution in [2.75, 3.05) is 17.3 Å². The van der Waals surface area contributed by atoms with E-state index in [1.165, 1.54) is 0 Å². The van der Waals surface area contributed by atoms with Crippen LogP contribution in [0.25, 0.3) is 6.08 Å². The summed E-state index contributed by atoms with van der Waals surface area (Å²) in [7, 11) is 1.56. The third-order valence-electron chi connectivity index (χ3n) is 8.61. The molecule has 1 saturated heterocycles. The fourth-order valence-electron chi connectivity index (χ4n) is 6.87. The minimum Gasteiger partial charge on any atom is -0.497 e. The highest BCUT2D eigenvalue weighted by atomic mass is 35.5. The topological polar surface area (TPSA) is 75.7 Å². The van der Waals surface area contributed by atoms with Crippen LogP contribution in [0.2, 0.25) is 5.02 Å². The molecule has 1 N–H and O–H groups in total. The zero-order valence-corrected chi connectivity index (χ0v) is 22.8. The molecule has 3 aliphatic rings. The lowest BCUT2D eigenvalue weighted by Crippen LogP contribution is -2.51. The van der Waals surface area contributed by atoms with Crippen LogP contribution in [0, 0.1) is 5.92 Å². The van der Waals surface area contributed by atoms with Gasteiger partial charge in [-0.05, 0) is 59.7 Å². The Morgan fingerprint density at radius 3 is 2.37 bits per heavy atom. The smallest absolute Gasteiger partial charge is 0.238 e. The van der Waals surface area contributed by atoms with Crippen LogP contribution in [0.4, 0.5) is 11.4 Å². The van der Waals surface area contributed by atoms with E-state index in [-0.39, 0.29) is 17.5 Å². The quantitative estimate of drug-likeness (QED) is 0.294. The molecule has 7 heteroatoms. The monoisotopic (exact) mass is 560 g/mol. The van der Waals surface area contributed by atoms with Gasteiger partial charge >= 0.3 is 0 Å². The number of para-hydroxylation sites is 2. The molecular weight excluding hydrogens is 536 g/mol. The maximum Gasteiger partial charge on any atom is 0.238 e. The van der Waals surface area contributed by atoms with Crippen molar-refractivity contribution in [2.24, 2.45) is 5.92 Å². The molecule has 0 aromatic heterocycles. The number of halogens is 1. The molecule has 0 aliphatic carbocycles. The summed E-state index contributed by atoms with van der Waals surface area (Å²) in [6.45, 7) is 0. The second-order valence-electron chi connectivity index (χ2n) is 10.5. The van der Waals surface area contributed by atoms with Crippen LogP contribution in [0.1, 0.15) is 31.8 Å². The van der Waals surface area contributed by atoms with Crippen molar-refractivity contribution in [2.45, 2.75) is 17.5 Å². The first-order valence-corrected chi connectivity index (χ1v) is 13.8. The third kappa shape index (κ3) is 3.54. The van der Waals surface area contributed by atoms with E-state index in [4.69, 9.17) is 16.3 Å². The van der Waals surface area contributed by atoms with Gasteiger partial charge in [-0.15, -0.1) is 0 Å². The van der Waals surface area contributed by atoms with Crippen LogP contribution in [0.15, 0.2) is 103 Å². The molecule has 0 radical (unpaired) electrons. The lowest BCUT2D eigenvalue weighted by Gasteiger charge is -2.37. The minimum absolute atomic E-state index is 0.294. The van der Waals surface area contributed by atoms with Crippen LogP contribution in [0.3, 0.4) is 0 Å². The van der Waals surface area contributed by atoms with Gasteiger partial charge in [0, 0.05) is 22.5 Å². The number of fused-ring (bicyclic) bond motifs is 6. The standard InChI is InChI=1S/C34H25ClN2O4/c1-41-22-17-14-21(15-18-22)31(38)29-30(32(39)23-9-3-5-11-25(23)35)37-27-13-7-2-8-20(27)16-19-28(37)34(29)24-10-4-6-12-26(24)36-33(34)40/h2-19,28-30H,1H3,(H,36,40)/t28-,29+,30+,34-/m1/s1. The van der Waals surface area contributed by atoms with Crippen molar-refractivity contribution < 1.29 is 19.1 Å². The summed E-state index contributed by atoms with van der Waals surface area (Å²) in [5.41, 5.74) is 2.35. The van der Waals surface area contributed by atoms with E-state index in [0.29, 0.717) is 33.1 Å². The van der Waals surface area contributed by atoms with Gasteiger partial charge in [0.2, 0.25) is 5.91 Å². The fraction of sp³-hybridized carbons (Fsp3) is 0.147. The van der Waals surface area contributed by atoms with Crippen LogP contribution >= 0.6 is 11.6 Å². The summed E-state index contributed by atoms with van der Waals surface area (Å²) < 4.78 is 5.32. The van der Waals surface area contributed by atoms with E-state index in [0.717, 1.165) is 11.3 Å². The molecule has 4 aromatic rings. The first kappa shape index (κ1) is 25.3. The first-order valence-electron chi connectivity index (χ1n) is 13.4. The molecule has 4 aromatic carbocycles. The van der Waals surface area contributed by atoms with E-state index >= 15 is 0 Å². The summed E-state index contributed by atoms with van der Waals surface area (Å²) in [6.07, 6.45) is 3.93. The number of methoxy groups -OCH3 is 1. The number of benzene rings is 4. The Kier molecular flexibility index (Phi) is 5.84. The molecule has 7 rings (SSSR count). The number of hydrogen-bond acceptors (Lipinski definition) is 5. The zero-order chi connectivity index (χ0) is 28.3. The number of ketones is 2.